The SMILES string of the molecule is CCC1(CC)CCN(CC(NC)C2CC2)C1. The largest absolute Gasteiger partial charge is 0.315 e. The summed E-state index contributed by atoms with van der Waals surface area (Å²) >= 11 is 0. The molecule has 1 heterocycles. The van der Waals surface area contributed by atoms with Crippen molar-refractivity contribution in [1.29, 1.82) is 0 Å². The first kappa shape index (κ1) is 12.4. The van der Waals surface area contributed by atoms with Crippen molar-refractivity contribution in [3.8, 4) is 0 Å². The second-order valence-corrected chi connectivity index (χ2v) is 5.92. The van der Waals surface area contributed by atoms with Crippen molar-refractivity contribution in [3.63, 3.8) is 0 Å². The van der Waals surface area contributed by atoms with Gasteiger partial charge in [-0.1, -0.05) is 13.8 Å². The molecule has 1 saturated carbocycles. The Labute approximate surface area is 101 Å². The first-order chi connectivity index (χ1) is 7.73. The lowest BCUT2D eigenvalue weighted by molar-refractivity contribution is 0.221. The molecule has 2 aliphatic rings. The highest BCUT2D eigenvalue weighted by Gasteiger charge is 2.37. The molecule has 0 amide bonds. The molecule has 0 bridgehead atoms. The van der Waals surface area contributed by atoms with Crippen molar-refractivity contribution in [2.75, 3.05) is 26.7 Å². The third kappa shape index (κ3) is 2.60. The fraction of sp³-hybridized carbons (Fsp3) is 1.00. The van der Waals surface area contributed by atoms with Crippen molar-refractivity contribution < 1.29 is 0 Å². The average Bonchev–Trinajstić information content (AvgIpc) is 3.08. The molecule has 2 rings (SSSR count). The molecule has 1 aliphatic carbocycles. The van der Waals surface area contributed by atoms with Gasteiger partial charge in [-0.3, -0.25) is 0 Å². The van der Waals surface area contributed by atoms with Gasteiger partial charge in [-0.2, -0.15) is 0 Å². The Kier molecular flexibility index (Phi) is 3.91. The minimum absolute atomic E-state index is 0.641. The molecule has 2 nitrogen and oxygen atoms in total. The van der Waals surface area contributed by atoms with Crippen molar-refractivity contribution >= 4 is 0 Å². The fourth-order valence-electron chi connectivity index (χ4n) is 3.26. The van der Waals surface area contributed by atoms with E-state index in [4.69, 9.17) is 0 Å². The second-order valence-electron chi connectivity index (χ2n) is 5.92. The van der Waals surface area contributed by atoms with Gasteiger partial charge in [0.2, 0.25) is 0 Å². The zero-order chi connectivity index (χ0) is 11.6. The zero-order valence-corrected chi connectivity index (χ0v) is 11.3. The molecule has 0 aromatic carbocycles. The fourth-order valence-corrected chi connectivity index (χ4v) is 3.26. The number of nitrogens with zero attached hydrogens (tertiary/aromatic N) is 1. The normalized spacial score (nSPS) is 27.2. The molecular weight excluding hydrogens is 196 g/mol. The Hall–Kier alpha value is -0.0800. The Balaban J connectivity index is 1.83. The van der Waals surface area contributed by atoms with Crippen molar-refractivity contribution in [2.45, 2.75) is 52.0 Å². The van der Waals surface area contributed by atoms with Gasteiger partial charge < -0.3 is 10.2 Å². The van der Waals surface area contributed by atoms with E-state index >= 15 is 0 Å². The van der Waals surface area contributed by atoms with Gasteiger partial charge >= 0.3 is 0 Å². The van der Waals surface area contributed by atoms with Crippen LogP contribution in [0.1, 0.15) is 46.0 Å². The van der Waals surface area contributed by atoms with Gasteiger partial charge in [0, 0.05) is 19.1 Å². The van der Waals surface area contributed by atoms with Crippen LogP contribution < -0.4 is 5.32 Å². The van der Waals surface area contributed by atoms with Gasteiger partial charge in [0.25, 0.3) is 0 Å². The minimum Gasteiger partial charge on any atom is -0.315 e. The van der Waals surface area contributed by atoms with Crippen LogP contribution in [0.15, 0.2) is 0 Å². The highest BCUT2D eigenvalue weighted by atomic mass is 15.2. The molecule has 0 aromatic heterocycles. The molecule has 1 saturated heterocycles. The lowest BCUT2D eigenvalue weighted by atomic mass is 9.82. The zero-order valence-electron chi connectivity index (χ0n) is 11.3. The van der Waals surface area contributed by atoms with Gasteiger partial charge in [0.15, 0.2) is 0 Å². The molecule has 1 N–H and O–H groups in total. The summed E-state index contributed by atoms with van der Waals surface area (Å²) in [6, 6.07) is 0.754. The summed E-state index contributed by atoms with van der Waals surface area (Å²) in [7, 11) is 2.13. The lowest BCUT2D eigenvalue weighted by Crippen LogP contribution is -2.40. The lowest BCUT2D eigenvalue weighted by Gasteiger charge is -2.28. The Morgan fingerprint density at radius 2 is 2.00 bits per heavy atom. The van der Waals surface area contributed by atoms with Crippen molar-refractivity contribution in [1.82, 2.24) is 10.2 Å². The molecular formula is C14H28N2. The number of rotatable bonds is 6. The second kappa shape index (κ2) is 5.05. The first-order valence-electron chi connectivity index (χ1n) is 7.12. The number of nitrogens with one attached hydrogen (secondary N) is 1. The molecule has 1 unspecified atom stereocenters. The Morgan fingerprint density at radius 1 is 1.31 bits per heavy atom. The van der Waals surface area contributed by atoms with Crippen molar-refractivity contribution in [2.24, 2.45) is 11.3 Å². The molecule has 0 aromatic rings. The van der Waals surface area contributed by atoms with E-state index < -0.39 is 0 Å². The molecule has 16 heavy (non-hydrogen) atoms. The van der Waals surface area contributed by atoms with E-state index in [1.807, 2.05) is 0 Å². The van der Waals surface area contributed by atoms with Crippen LogP contribution in [0.4, 0.5) is 0 Å². The summed E-state index contributed by atoms with van der Waals surface area (Å²) < 4.78 is 0. The number of hydrogen-bond donors (Lipinski definition) is 1. The highest BCUT2D eigenvalue weighted by molar-refractivity contribution is 4.93. The van der Waals surface area contributed by atoms with Crippen LogP contribution in [0.25, 0.3) is 0 Å². The molecule has 1 aliphatic heterocycles. The maximum absolute atomic E-state index is 3.51. The summed E-state index contributed by atoms with van der Waals surface area (Å²) in [5.41, 5.74) is 0.641. The predicted octanol–water partition coefficient (Wildman–Crippen LogP) is 2.50. The van der Waals surface area contributed by atoms with E-state index in [1.54, 1.807) is 0 Å². The smallest absolute Gasteiger partial charge is 0.0220 e. The van der Waals surface area contributed by atoms with Crippen LogP contribution in [0, 0.1) is 11.3 Å². The van der Waals surface area contributed by atoms with Crippen LogP contribution in [0.5, 0.6) is 0 Å². The summed E-state index contributed by atoms with van der Waals surface area (Å²) in [5.74, 6) is 0.975. The maximum atomic E-state index is 3.51. The van der Waals surface area contributed by atoms with Gasteiger partial charge in [0.05, 0.1) is 0 Å². The van der Waals surface area contributed by atoms with E-state index in [2.05, 4.69) is 31.1 Å². The monoisotopic (exact) mass is 224 g/mol. The minimum atomic E-state index is 0.641. The van der Waals surface area contributed by atoms with Gasteiger partial charge in [-0.15, -0.1) is 0 Å². The van der Waals surface area contributed by atoms with Gasteiger partial charge in [-0.05, 0) is 57.0 Å². The molecule has 0 spiro atoms. The molecule has 94 valence electrons. The molecule has 0 radical (unpaired) electrons. The number of likely N-dealkylation sites (tertiary alicyclic amines) is 1. The topological polar surface area (TPSA) is 15.3 Å². The van der Waals surface area contributed by atoms with Crippen LogP contribution >= 0.6 is 0 Å². The van der Waals surface area contributed by atoms with Crippen molar-refractivity contribution in [3.05, 3.63) is 0 Å². The van der Waals surface area contributed by atoms with E-state index in [1.165, 1.54) is 51.7 Å². The number of hydrogen-bond acceptors (Lipinski definition) is 2. The molecule has 2 heteroatoms. The van der Waals surface area contributed by atoms with E-state index in [9.17, 15) is 0 Å². The van der Waals surface area contributed by atoms with E-state index in [-0.39, 0.29) is 0 Å². The van der Waals surface area contributed by atoms with Crippen LogP contribution in [0.2, 0.25) is 0 Å². The summed E-state index contributed by atoms with van der Waals surface area (Å²) in [4.78, 5) is 2.70. The Bertz CT molecular complexity index is 219. The summed E-state index contributed by atoms with van der Waals surface area (Å²) in [6.45, 7) is 8.67. The van der Waals surface area contributed by atoms with Gasteiger partial charge in [-0.25, -0.2) is 0 Å². The molecule has 2 fully saturated rings. The van der Waals surface area contributed by atoms with Crippen LogP contribution in [0.3, 0.4) is 0 Å². The van der Waals surface area contributed by atoms with E-state index in [0.29, 0.717) is 5.41 Å². The van der Waals surface area contributed by atoms with Gasteiger partial charge in [0.1, 0.15) is 0 Å². The molecule has 1 atom stereocenters. The van der Waals surface area contributed by atoms with E-state index in [0.717, 1.165) is 12.0 Å². The first-order valence-corrected chi connectivity index (χ1v) is 7.12. The quantitative estimate of drug-likeness (QED) is 0.746. The van der Waals surface area contributed by atoms with Crippen LogP contribution in [-0.4, -0.2) is 37.6 Å². The standard InChI is InChI=1S/C14H28N2/c1-4-14(5-2)8-9-16(11-14)10-13(15-3)12-6-7-12/h12-13,15H,4-11H2,1-3H3. The number of likely N-dealkylation sites (N-methyl/N-ethyl adjacent to an activating group) is 1. The highest BCUT2D eigenvalue weighted by Crippen LogP contribution is 2.38. The van der Waals surface area contributed by atoms with Crippen LogP contribution in [-0.2, 0) is 0 Å². The summed E-state index contributed by atoms with van der Waals surface area (Å²) in [6.07, 6.45) is 7.03. The maximum Gasteiger partial charge on any atom is 0.0220 e. The third-order valence-corrected chi connectivity index (χ3v) is 5.03. The third-order valence-electron chi connectivity index (χ3n) is 5.03. The Morgan fingerprint density at radius 3 is 2.44 bits per heavy atom. The predicted molar refractivity (Wildman–Crippen MR) is 69.6 cm³/mol. The average molecular weight is 224 g/mol. The summed E-state index contributed by atoms with van der Waals surface area (Å²) in [5, 5.41) is 3.51.